The third kappa shape index (κ3) is 8.14. The zero-order valence-electron chi connectivity index (χ0n) is 16.9. The van der Waals surface area contributed by atoms with Gasteiger partial charge < -0.3 is 15.4 Å². The third-order valence-electron chi connectivity index (χ3n) is 4.39. The largest absolute Gasteiger partial charge is 0.379 e. The number of guanidine groups is 1. The van der Waals surface area contributed by atoms with Gasteiger partial charge in [0, 0.05) is 45.8 Å². The van der Waals surface area contributed by atoms with E-state index in [0.29, 0.717) is 12.5 Å². The molecule has 1 aliphatic rings. The summed E-state index contributed by atoms with van der Waals surface area (Å²) in [5.74, 6) is 0.707. The zero-order valence-corrected chi connectivity index (χ0v) is 17.7. The van der Waals surface area contributed by atoms with Crippen molar-refractivity contribution >= 4 is 16.0 Å². The van der Waals surface area contributed by atoms with Crippen molar-refractivity contribution < 1.29 is 13.2 Å². The first-order valence-electron chi connectivity index (χ1n) is 9.90. The Morgan fingerprint density at radius 1 is 1.14 bits per heavy atom. The van der Waals surface area contributed by atoms with Crippen LogP contribution in [-0.2, 0) is 14.8 Å². The maximum atomic E-state index is 12.3. The maximum Gasteiger partial charge on any atom is 0.240 e. The standard InChI is InChI=1S/C19H33N5O3S/c1-3-20-19(21-9-4-12-24-13-15-27-16-14-24)22-10-11-23-28(25,26)18-7-5-17(2)6-8-18/h5-8,23H,3-4,9-16H2,1-2H3,(H2,20,21,22). The van der Waals surface area contributed by atoms with Crippen molar-refractivity contribution in [1.82, 2.24) is 20.3 Å². The van der Waals surface area contributed by atoms with Crippen LogP contribution in [0.25, 0.3) is 0 Å². The summed E-state index contributed by atoms with van der Waals surface area (Å²) in [6, 6.07) is 6.81. The SMILES string of the molecule is CCNC(=NCCCN1CCOCC1)NCCNS(=O)(=O)c1ccc(C)cc1. The van der Waals surface area contributed by atoms with Crippen LogP contribution in [0.15, 0.2) is 34.2 Å². The predicted octanol–water partition coefficient (Wildman–Crippen LogP) is 0.551. The van der Waals surface area contributed by atoms with E-state index in [1.54, 1.807) is 24.3 Å². The van der Waals surface area contributed by atoms with E-state index in [4.69, 9.17) is 4.74 Å². The molecule has 0 amide bonds. The molecule has 9 heteroatoms. The minimum atomic E-state index is -3.49. The highest BCUT2D eigenvalue weighted by molar-refractivity contribution is 7.89. The molecule has 0 atom stereocenters. The number of hydrogen-bond donors (Lipinski definition) is 3. The summed E-state index contributed by atoms with van der Waals surface area (Å²) >= 11 is 0. The maximum absolute atomic E-state index is 12.3. The fourth-order valence-electron chi connectivity index (χ4n) is 2.82. The normalized spacial score (nSPS) is 16.1. The van der Waals surface area contributed by atoms with Gasteiger partial charge in [-0.3, -0.25) is 9.89 Å². The molecule has 0 aliphatic carbocycles. The summed E-state index contributed by atoms with van der Waals surface area (Å²) < 4.78 is 32.5. The van der Waals surface area contributed by atoms with Crippen LogP contribution in [0.3, 0.4) is 0 Å². The molecule has 1 aromatic carbocycles. The molecule has 3 N–H and O–H groups in total. The van der Waals surface area contributed by atoms with Crippen LogP contribution in [0.4, 0.5) is 0 Å². The Morgan fingerprint density at radius 2 is 1.86 bits per heavy atom. The van der Waals surface area contributed by atoms with Crippen LogP contribution in [0, 0.1) is 6.92 Å². The number of ether oxygens (including phenoxy) is 1. The quantitative estimate of drug-likeness (QED) is 0.296. The molecular weight excluding hydrogens is 378 g/mol. The predicted molar refractivity (Wildman–Crippen MR) is 112 cm³/mol. The molecule has 1 heterocycles. The Morgan fingerprint density at radius 3 is 2.54 bits per heavy atom. The minimum absolute atomic E-state index is 0.279. The smallest absolute Gasteiger partial charge is 0.240 e. The second-order valence-corrected chi connectivity index (χ2v) is 8.47. The number of morpholine rings is 1. The van der Waals surface area contributed by atoms with Crippen LogP contribution in [0.2, 0.25) is 0 Å². The average Bonchev–Trinajstić information content (AvgIpc) is 2.69. The van der Waals surface area contributed by atoms with Crippen LogP contribution >= 0.6 is 0 Å². The number of aliphatic imine (C=N–C) groups is 1. The van der Waals surface area contributed by atoms with Crippen LogP contribution in [0.1, 0.15) is 18.9 Å². The monoisotopic (exact) mass is 411 g/mol. The summed E-state index contributed by atoms with van der Waals surface area (Å²) in [4.78, 5) is 7.23. The van der Waals surface area contributed by atoms with Crippen LogP contribution in [-0.4, -0.2) is 78.3 Å². The number of benzene rings is 1. The Labute approximate surface area is 168 Å². The lowest BCUT2D eigenvalue weighted by molar-refractivity contribution is 0.0377. The molecule has 1 aromatic rings. The van der Waals surface area contributed by atoms with Gasteiger partial charge in [-0.05, 0) is 32.4 Å². The average molecular weight is 412 g/mol. The first-order chi connectivity index (χ1) is 13.5. The van der Waals surface area contributed by atoms with Gasteiger partial charge in [-0.2, -0.15) is 0 Å². The van der Waals surface area contributed by atoms with E-state index < -0.39 is 10.0 Å². The lowest BCUT2D eigenvalue weighted by Gasteiger charge is -2.26. The van der Waals surface area contributed by atoms with Gasteiger partial charge in [-0.1, -0.05) is 17.7 Å². The molecule has 0 radical (unpaired) electrons. The van der Waals surface area contributed by atoms with E-state index in [2.05, 4.69) is 25.2 Å². The second kappa shape index (κ2) is 12.0. The fraction of sp³-hybridized carbons (Fsp3) is 0.632. The van der Waals surface area contributed by atoms with Crippen LogP contribution < -0.4 is 15.4 Å². The molecule has 0 spiro atoms. The second-order valence-electron chi connectivity index (χ2n) is 6.71. The van der Waals surface area contributed by atoms with Gasteiger partial charge in [0.15, 0.2) is 5.96 Å². The zero-order chi connectivity index (χ0) is 20.2. The van der Waals surface area contributed by atoms with Crippen LogP contribution in [0.5, 0.6) is 0 Å². The first kappa shape index (κ1) is 22.6. The van der Waals surface area contributed by atoms with E-state index in [1.165, 1.54) is 0 Å². The Balaban J connectivity index is 1.70. The van der Waals surface area contributed by atoms with E-state index >= 15 is 0 Å². The molecule has 1 saturated heterocycles. The van der Waals surface area contributed by atoms with Gasteiger partial charge in [-0.25, -0.2) is 13.1 Å². The molecule has 2 rings (SSSR count). The first-order valence-corrected chi connectivity index (χ1v) is 11.4. The van der Waals surface area contributed by atoms with E-state index in [9.17, 15) is 8.42 Å². The van der Waals surface area contributed by atoms with E-state index in [0.717, 1.165) is 57.9 Å². The summed E-state index contributed by atoms with van der Waals surface area (Å²) in [6.45, 7) is 10.8. The number of aryl methyl sites for hydroxylation is 1. The molecule has 8 nitrogen and oxygen atoms in total. The van der Waals surface area contributed by atoms with Crippen molar-refractivity contribution in [2.24, 2.45) is 4.99 Å². The highest BCUT2D eigenvalue weighted by atomic mass is 32.2. The van der Waals surface area contributed by atoms with Crippen molar-refractivity contribution in [3.8, 4) is 0 Å². The highest BCUT2D eigenvalue weighted by Crippen LogP contribution is 2.09. The molecule has 0 unspecified atom stereocenters. The van der Waals surface area contributed by atoms with Gasteiger partial charge in [-0.15, -0.1) is 0 Å². The molecular formula is C19H33N5O3S. The highest BCUT2D eigenvalue weighted by Gasteiger charge is 2.12. The molecule has 1 fully saturated rings. The van der Waals surface area contributed by atoms with Crippen molar-refractivity contribution in [3.05, 3.63) is 29.8 Å². The van der Waals surface area contributed by atoms with Gasteiger partial charge in [0.25, 0.3) is 0 Å². The Bertz CT molecular complexity index is 701. The van der Waals surface area contributed by atoms with Crippen molar-refractivity contribution in [2.75, 3.05) is 59.0 Å². The third-order valence-corrected chi connectivity index (χ3v) is 5.87. The summed E-state index contributed by atoms with van der Waals surface area (Å²) in [7, 11) is -3.49. The van der Waals surface area contributed by atoms with Gasteiger partial charge in [0.05, 0.1) is 18.1 Å². The number of hydrogen-bond acceptors (Lipinski definition) is 5. The Hall–Kier alpha value is -1.68. The van der Waals surface area contributed by atoms with Gasteiger partial charge >= 0.3 is 0 Å². The summed E-state index contributed by atoms with van der Waals surface area (Å²) in [5, 5.41) is 6.36. The summed E-state index contributed by atoms with van der Waals surface area (Å²) in [6.07, 6.45) is 0.983. The van der Waals surface area contributed by atoms with Crippen molar-refractivity contribution in [3.63, 3.8) is 0 Å². The van der Waals surface area contributed by atoms with Gasteiger partial charge in [0.1, 0.15) is 0 Å². The molecule has 0 saturated carbocycles. The molecule has 0 bridgehead atoms. The Kier molecular flexibility index (Phi) is 9.69. The number of nitrogens with one attached hydrogen (secondary N) is 3. The number of sulfonamides is 1. The van der Waals surface area contributed by atoms with Crippen molar-refractivity contribution in [2.45, 2.75) is 25.2 Å². The molecule has 158 valence electrons. The molecule has 28 heavy (non-hydrogen) atoms. The van der Waals surface area contributed by atoms with E-state index in [1.807, 2.05) is 13.8 Å². The van der Waals surface area contributed by atoms with Gasteiger partial charge in [0.2, 0.25) is 10.0 Å². The number of nitrogens with zero attached hydrogens (tertiary/aromatic N) is 2. The van der Waals surface area contributed by atoms with E-state index in [-0.39, 0.29) is 11.4 Å². The number of rotatable bonds is 10. The van der Waals surface area contributed by atoms with Crippen molar-refractivity contribution in [1.29, 1.82) is 0 Å². The molecule has 0 aromatic heterocycles. The molecule has 1 aliphatic heterocycles. The lowest BCUT2D eigenvalue weighted by Crippen LogP contribution is -2.41. The topological polar surface area (TPSA) is 95.1 Å². The lowest BCUT2D eigenvalue weighted by atomic mass is 10.2. The fourth-order valence-corrected chi connectivity index (χ4v) is 3.85. The summed E-state index contributed by atoms with van der Waals surface area (Å²) in [5.41, 5.74) is 1.03. The minimum Gasteiger partial charge on any atom is -0.379 e.